The second-order valence-corrected chi connectivity index (χ2v) is 6.44. The summed E-state index contributed by atoms with van der Waals surface area (Å²) in [7, 11) is 1.41. The van der Waals surface area contributed by atoms with Crippen molar-refractivity contribution in [3.05, 3.63) is 45.6 Å². The molecule has 11 heteroatoms. The number of methoxy groups -OCH3 is 1. The largest absolute Gasteiger partial charge is 0.496 e. The molecule has 0 aliphatic heterocycles. The smallest absolute Gasteiger partial charge is 0.296 e. The minimum atomic E-state index is -0.583. The van der Waals surface area contributed by atoms with Gasteiger partial charge >= 0.3 is 0 Å². The molecule has 3 aromatic rings. The number of anilines is 1. The number of nitrogens with one attached hydrogen (secondary N) is 2. The van der Waals surface area contributed by atoms with E-state index in [4.69, 9.17) is 16.3 Å². The number of benzene rings is 1. The SMILES string of the molecule is COc1ccc(NC(=O)CSc2nc3ncc(Cl)cc3[nH]2)c([N+](=O)[O-])c1. The molecule has 0 aliphatic rings. The molecular formula is C15H12ClN5O4S. The van der Waals surface area contributed by atoms with Crippen molar-refractivity contribution in [2.75, 3.05) is 18.2 Å². The molecule has 26 heavy (non-hydrogen) atoms. The van der Waals surface area contributed by atoms with Gasteiger partial charge < -0.3 is 15.0 Å². The quantitative estimate of drug-likeness (QED) is 0.374. The lowest BCUT2D eigenvalue weighted by atomic mass is 10.2. The maximum Gasteiger partial charge on any atom is 0.296 e. The average Bonchev–Trinajstić information content (AvgIpc) is 3.02. The van der Waals surface area contributed by atoms with Crippen LogP contribution in [-0.4, -0.2) is 38.6 Å². The van der Waals surface area contributed by atoms with E-state index in [9.17, 15) is 14.9 Å². The van der Waals surface area contributed by atoms with Gasteiger partial charge in [0.1, 0.15) is 11.4 Å². The Labute approximate surface area is 156 Å². The van der Waals surface area contributed by atoms with Crippen LogP contribution >= 0.6 is 23.4 Å². The molecule has 0 fully saturated rings. The van der Waals surface area contributed by atoms with Gasteiger partial charge in [0.25, 0.3) is 5.69 Å². The molecule has 3 rings (SSSR count). The second kappa shape index (κ2) is 7.58. The predicted octanol–water partition coefficient (Wildman–Crippen LogP) is 3.26. The zero-order valence-electron chi connectivity index (χ0n) is 13.4. The Morgan fingerprint density at radius 1 is 1.46 bits per heavy atom. The number of carbonyl (C=O) groups excluding carboxylic acids is 1. The van der Waals surface area contributed by atoms with Crippen LogP contribution in [0.4, 0.5) is 11.4 Å². The van der Waals surface area contributed by atoms with E-state index in [1.165, 1.54) is 31.5 Å². The number of hydrogen-bond donors (Lipinski definition) is 2. The number of H-pyrrole nitrogens is 1. The standard InChI is InChI=1S/C15H12ClN5O4S/c1-25-9-2-3-10(12(5-9)21(23)24)18-13(22)7-26-15-19-11-4-8(16)6-17-14(11)20-15/h2-6H,7H2,1H3,(H,18,22)(H,17,19,20). The lowest BCUT2D eigenvalue weighted by Gasteiger charge is -2.07. The van der Waals surface area contributed by atoms with Gasteiger partial charge in [-0.3, -0.25) is 14.9 Å². The first-order valence-corrected chi connectivity index (χ1v) is 8.59. The van der Waals surface area contributed by atoms with E-state index in [1.54, 1.807) is 6.07 Å². The van der Waals surface area contributed by atoms with Gasteiger partial charge in [0.2, 0.25) is 5.91 Å². The highest BCUT2D eigenvalue weighted by molar-refractivity contribution is 7.99. The Hall–Kier alpha value is -2.85. The van der Waals surface area contributed by atoms with Gasteiger partial charge in [-0.2, -0.15) is 0 Å². The number of rotatable bonds is 6. The Kier molecular flexibility index (Phi) is 5.24. The number of nitro benzene ring substituents is 1. The summed E-state index contributed by atoms with van der Waals surface area (Å²) in [4.78, 5) is 34.0. The summed E-state index contributed by atoms with van der Waals surface area (Å²) in [6.07, 6.45) is 1.48. The van der Waals surface area contributed by atoms with Gasteiger partial charge in [0, 0.05) is 6.20 Å². The van der Waals surface area contributed by atoms with Gasteiger partial charge in [-0.05, 0) is 18.2 Å². The molecule has 0 radical (unpaired) electrons. The fraction of sp³-hybridized carbons (Fsp3) is 0.133. The first-order valence-electron chi connectivity index (χ1n) is 7.22. The number of carbonyl (C=O) groups is 1. The van der Waals surface area contributed by atoms with E-state index in [1.807, 2.05) is 0 Å². The van der Waals surface area contributed by atoms with Crippen LogP contribution in [0, 0.1) is 10.1 Å². The lowest BCUT2D eigenvalue weighted by Crippen LogP contribution is -2.15. The van der Waals surface area contributed by atoms with Crippen molar-refractivity contribution in [3.63, 3.8) is 0 Å². The van der Waals surface area contributed by atoms with Gasteiger partial charge in [0.05, 0.1) is 34.4 Å². The topological polar surface area (TPSA) is 123 Å². The Bertz CT molecular complexity index is 993. The number of amides is 1. The minimum absolute atomic E-state index is 0.0107. The van der Waals surface area contributed by atoms with Gasteiger partial charge in [-0.15, -0.1) is 0 Å². The molecule has 0 aliphatic carbocycles. The number of fused-ring (bicyclic) bond motifs is 1. The van der Waals surface area contributed by atoms with Gasteiger partial charge in [-0.25, -0.2) is 9.97 Å². The third kappa shape index (κ3) is 4.03. The highest BCUT2D eigenvalue weighted by atomic mass is 35.5. The van der Waals surface area contributed by atoms with E-state index in [2.05, 4.69) is 20.3 Å². The summed E-state index contributed by atoms with van der Waals surface area (Å²) in [6, 6.07) is 5.89. The normalized spacial score (nSPS) is 10.7. The summed E-state index contributed by atoms with van der Waals surface area (Å²) < 4.78 is 4.96. The number of aromatic nitrogens is 3. The first kappa shape index (κ1) is 18.0. The predicted molar refractivity (Wildman–Crippen MR) is 97.9 cm³/mol. The number of nitrogens with zero attached hydrogens (tertiary/aromatic N) is 3. The molecular weight excluding hydrogens is 382 g/mol. The molecule has 1 amide bonds. The number of nitro groups is 1. The number of hydrogen-bond acceptors (Lipinski definition) is 7. The van der Waals surface area contributed by atoms with Crippen LogP contribution in [0.1, 0.15) is 0 Å². The summed E-state index contributed by atoms with van der Waals surface area (Å²) in [6.45, 7) is 0. The maximum absolute atomic E-state index is 12.1. The van der Waals surface area contributed by atoms with Crippen molar-refractivity contribution in [2.45, 2.75) is 5.16 Å². The summed E-state index contributed by atoms with van der Waals surface area (Å²) in [5, 5.41) is 14.6. The number of thioether (sulfide) groups is 1. The summed E-state index contributed by atoms with van der Waals surface area (Å²) >= 11 is 7.01. The maximum atomic E-state index is 12.1. The van der Waals surface area contributed by atoms with Crippen LogP contribution in [-0.2, 0) is 4.79 Å². The summed E-state index contributed by atoms with van der Waals surface area (Å²) in [5.41, 5.74) is 0.999. The van der Waals surface area contributed by atoms with E-state index in [0.717, 1.165) is 11.8 Å². The van der Waals surface area contributed by atoms with Crippen LogP contribution in [0.2, 0.25) is 5.02 Å². The lowest BCUT2D eigenvalue weighted by molar-refractivity contribution is -0.384. The van der Waals surface area contributed by atoms with Crippen LogP contribution in [0.5, 0.6) is 5.75 Å². The molecule has 0 unspecified atom stereocenters. The number of ether oxygens (including phenoxy) is 1. The molecule has 0 spiro atoms. The molecule has 0 bridgehead atoms. The van der Waals surface area contributed by atoms with Crippen molar-refractivity contribution in [1.82, 2.24) is 15.0 Å². The zero-order valence-corrected chi connectivity index (χ0v) is 14.9. The molecule has 2 aromatic heterocycles. The van der Waals surface area contributed by atoms with Crippen LogP contribution in [0.25, 0.3) is 11.2 Å². The number of imidazole rings is 1. The fourth-order valence-corrected chi connectivity index (χ4v) is 2.97. The van der Waals surface area contributed by atoms with Crippen molar-refractivity contribution in [2.24, 2.45) is 0 Å². The first-order chi connectivity index (χ1) is 12.5. The van der Waals surface area contributed by atoms with E-state index in [-0.39, 0.29) is 17.1 Å². The molecule has 9 nitrogen and oxygen atoms in total. The van der Waals surface area contributed by atoms with E-state index in [0.29, 0.717) is 27.1 Å². The number of pyridine rings is 1. The molecule has 2 heterocycles. The fourth-order valence-electron chi connectivity index (χ4n) is 2.14. The van der Waals surface area contributed by atoms with Crippen molar-refractivity contribution >= 4 is 51.8 Å². The van der Waals surface area contributed by atoms with E-state index >= 15 is 0 Å². The molecule has 134 valence electrons. The number of halogens is 1. The zero-order chi connectivity index (χ0) is 18.7. The molecule has 0 atom stereocenters. The highest BCUT2D eigenvalue weighted by Gasteiger charge is 2.17. The molecule has 2 N–H and O–H groups in total. The summed E-state index contributed by atoms with van der Waals surface area (Å²) in [5.74, 6) is -0.0660. The Balaban J connectivity index is 1.67. The minimum Gasteiger partial charge on any atom is -0.496 e. The van der Waals surface area contributed by atoms with Crippen LogP contribution in [0.3, 0.4) is 0 Å². The van der Waals surface area contributed by atoms with Crippen molar-refractivity contribution in [3.8, 4) is 5.75 Å². The van der Waals surface area contributed by atoms with Gasteiger partial charge in [-0.1, -0.05) is 23.4 Å². The van der Waals surface area contributed by atoms with Crippen LogP contribution < -0.4 is 10.1 Å². The molecule has 0 saturated carbocycles. The molecule has 0 saturated heterocycles. The monoisotopic (exact) mass is 393 g/mol. The third-order valence-electron chi connectivity index (χ3n) is 3.30. The van der Waals surface area contributed by atoms with E-state index < -0.39 is 10.8 Å². The number of aromatic amines is 1. The Morgan fingerprint density at radius 3 is 3.00 bits per heavy atom. The Morgan fingerprint density at radius 2 is 2.27 bits per heavy atom. The third-order valence-corrected chi connectivity index (χ3v) is 4.38. The molecule has 1 aromatic carbocycles. The van der Waals surface area contributed by atoms with Crippen molar-refractivity contribution in [1.29, 1.82) is 0 Å². The van der Waals surface area contributed by atoms with Crippen molar-refractivity contribution < 1.29 is 14.5 Å². The average molecular weight is 394 g/mol. The second-order valence-electron chi connectivity index (χ2n) is 5.04. The van der Waals surface area contributed by atoms with Crippen LogP contribution in [0.15, 0.2) is 35.6 Å². The van der Waals surface area contributed by atoms with Gasteiger partial charge in [0.15, 0.2) is 10.8 Å². The highest BCUT2D eigenvalue weighted by Crippen LogP contribution is 2.29.